The number of carbonyl (C=O) groups is 1. The van der Waals surface area contributed by atoms with Gasteiger partial charge in [0, 0.05) is 26.0 Å². The van der Waals surface area contributed by atoms with Crippen LogP contribution < -0.4 is 5.32 Å². The first-order chi connectivity index (χ1) is 8.07. The predicted octanol–water partition coefficient (Wildman–Crippen LogP) is 1.21. The van der Waals surface area contributed by atoms with E-state index in [9.17, 15) is 4.79 Å². The van der Waals surface area contributed by atoms with Crippen LogP contribution in [-0.4, -0.2) is 35.7 Å². The molecule has 0 aliphatic carbocycles. The van der Waals surface area contributed by atoms with E-state index in [2.05, 4.69) is 10.3 Å². The Labute approximate surface area is 102 Å². The quantitative estimate of drug-likeness (QED) is 0.759. The van der Waals surface area contributed by atoms with Crippen LogP contribution in [0.25, 0.3) is 0 Å². The zero-order valence-corrected chi connectivity index (χ0v) is 11.0. The molecule has 0 saturated carbocycles. The van der Waals surface area contributed by atoms with Gasteiger partial charge in [0.05, 0.1) is 12.0 Å². The second-order valence-electron chi connectivity index (χ2n) is 4.14. The summed E-state index contributed by atoms with van der Waals surface area (Å²) in [5.41, 5.74) is 1.99. The van der Waals surface area contributed by atoms with E-state index in [0.29, 0.717) is 13.2 Å². The Hall–Kier alpha value is -1.36. The number of carbonyl (C=O) groups excluding carboxylic acids is 1. The Morgan fingerprint density at radius 3 is 2.82 bits per heavy atom. The van der Waals surface area contributed by atoms with Crippen molar-refractivity contribution in [3.05, 3.63) is 17.7 Å². The summed E-state index contributed by atoms with van der Waals surface area (Å²) in [4.78, 5) is 16.1. The molecule has 1 rings (SSSR count). The number of nitrogens with one attached hydrogen (secondary N) is 1. The molecule has 0 bridgehead atoms. The van der Waals surface area contributed by atoms with E-state index in [1.54, 1.807) is 13.4 Å². The summed E-state index contributed by atoms with van der Waals surface area (Å²) in [6.07, 6.45) is 2.54. The molecule has 96 valence electrons. The number of rotatable bonds is 6. The lowest BCUT2D eigenvalue weighted by molar-refractivity contribution is -0.123. The summed E-state index contributed by atoms with van der Waals surface area (Å²) >= 11 is 0. The zero-order valence-electron chi connectivity index (χ0n) is 11.0. The molecule has 1 aromatic rings. The summed E-state index contributed by atoms with van der Waals surface area (Å²) in [6.45, 7) is 7.09. The van der Waals surface area contributed by atoms with Crippen molar-refractivity contribution in [2.24, 2.45) is 0 Å². The molecular weight excluding hydrogens is 218 g/mol. The number of methoxy groups -OCH3 is 1. The minimum absolute atomic E-state index is 0.0154. The van der Waals surface area contributed by atoms with E-state index in [0.717, 1.165) is 17.8 Å². The van der Waals surface area contributed by atoms with E-state index in [4.69, 9.17) is 4.74 Å². The van der Waals surface area contributed by atoms with Crippen molar-refractivity contribution >= 4 is 5.91 Å². The Morgan fingerprint density at radius 1 is 1.59 bits per heavy atom. The molecule has 1 unspecified atom stereocenters. The monoisotopic (exact) mass is 239 g/mol. The molecule has 1 amide bonds. The van der Waals surface area contributed by atoms with Gasteiger partial charge in [-0.1, -0.05) is 0 Å². The van der Waals surface area contributed by atoms with Gasteiger partial charge in [0.2, 0.25) is 5.91 Å². The van der Waals surface area contributed by atoms with Gasteiger partial charge in [-0.15, -0.1) is 0 Å². The minimum atomic E-state index is -0.223. The molecule has 5 nitrogen and oxygen atoms in total. The van der Waals surface area contributed by atoms with E-state index in [-0.39, 0.29) is 11.9 Å². The van der Waals surface area contributed by atoms with Crippen LogP contribution in [0.15, 0.2) is 6.33 Å². The molecular formula is C12H21N3O2. The Kier molecular flexibility index (Phi) is 5.15. The van der Waals surface area contributed by atoms with Crippen molar-refractivity contribution in [2.75, 3.05) is 20.3 Å². The van der Waals surface area contributed by atoms with E-state index in [1.165, 1.54) is 0 Å². The first kappa shape index (κ1) is 13.7. The van der Waals surface area contributed by atoms with Gasteiger partial charge in [-0.2, -0.15) is 0 Å². The van der Waals surface area contributed by atoms with Crippen molar-refractivity contribution in [3.63, 3.8) is 0 Å². The molecule has 1 atom stereocenters. The highest BCUT2D eigenvalue weighted by atomic mass is 16.5. The summed E-state index contributed by atoms with van der Waals surface area (Å²) in [5.74, 6) is 0.0154. The molecule has 0 fully saturated rings. The maximum atomic E-state index is 11.9. The molecule has 1 aromatic heterocycles. The van der Waals surface area contributed by atoms with Gasteiger partial charge in [-0.3, -0.25) is 4.79 Å². The minimum Gasteiger partial charge on any atom is -0.385 e. The van der Waals surface area contributed by atoms with Crippen molar-refractivity contribution in [3.8, 4) is 0 Å². The van der Waals surface area contributed by atoms with Crippen molar-refractivity contribution in [2.45, 2.75) is 33.2 Å². The zero-order chi connectivity index (χ0) is 12.8. The lowest BCUT2D eigenvalue weighted by atomic mass is 10.2. The van der Waals surface area contributed by atoms with Crippen molar-refractivity contribution in [1.29, 1.82) is 0 Å². The van der Waals surface area contributed by atoms with Crippen LogP contribution in [-0.2, 0) is 9.53 Å². The van der Waals surface area contributed by atoms with Crippen LogP contribution in [0.3, 0.4) is 0 Å². The number of amides is 1. The topological polar surface area (TPSA) is 56.1 Å². The van der Waals surface area contributed by atoms with Gasteiger partial charge in [0.15, 0.2) is 0 Å². The molecule has 0 saturated heterocycles. The summed E-state index contributed by atoms with van der Waals surface area (Å²) in [5, 5.41) is 2.88. The fraction of sp³-hybridized carbons (Fsp3) is 0.667. The molecule has 0 spiro atoms. The smallest absolute Gasteiger partial charge is 0.242 e. The number of ether oxygens (including phenoxy) is 1. The summed E-state index contributed by atoms with van der Waals surface area (Å²) in [6, 6.07) is -0.223. The molecule has 0 radical (unpaired) electrons. The van der Waals surface area contributed by atoms with Crippen LogP contribution in [0, 0.1) is 13.8 Å². The molecule has 0 aliphatic rings. The number of hydrogen-bond acceptors (Lipinski definition) is 3. The molecule has 0 aromatic carbocycles. The summed E-state index contributed by atoms with van der Waals surface area (Å²) < 4.78 is 6.81. The third-order valence-corrected chi connectivity index (χ3v) is 2.91. The largest absolute Gasteiger partial charge is 0.385 e. The standard InChI is InChI=1S/C12H21N3O2/c1-9-10(2)15(8-14-9)11(3)12(16)13-6-5-7-17-4/h8,11H,5-7H2,1-4H3,(H,13,16). The maximum Gasteiger partial charge on any atom is 0.242 e. The number of aromatic nitrogens is 2. The van der Waals surface area contributed by atoms with Gasteiger partial charge >= 0.3 is 0 Å². The van der Waals surface area contributed by atoms with Crippen molar-refractivity contribution in [1.82, 2.24) is 14.9 Å². The Balaban J connectivity index is 2.49. The number of aryl methyl sites for hydroxylation is 1. The number of nitrogens with zero attached hydrogens (tertiary/aromatic N) is 2. The van der Waals surface area contributed by atoms with E-state index in [1.807, 2.05) is 25.3 Å². The first-order valence-corrected chi connectivity index (χ1v) is 5.84. The van der Waals surface area contributed by atoms with Crippen LogP contribution in [0.5, 0.6) is 0 Å². The first-order valence-electron chi connectivity index (χ1n) is 5.84. The fourth-order valence-electron chi connectivity index (χ4n) is 1.61. The van der Waals surface area contributed by atoms with Gasteiger partial charge in [-0.05, 0) is 27.2 Å². The maximum absolute atomic E-state index is 11.9. The lowest BCUT2D eigenvalue weighted by Gasteiger charge is -2.15. The van der Waals surface area contributed by atoms with E-state index < -0.39 is 0 Å². The highest BCUT2D eigenvalue weighted by Crippen LogP contribution is 2.12. The van der Waals surface area contributed by atoms with Crippen LogP contribution >= 0.6 is 0 Å². The van der Waals surface area contributed by atoms with Crippen LogP contribution in [0.2, 0.25) is 0 Å². The van der Waals surface area contributed by atoms with Gasteiger partial charge < -0.3 is 14.6 Å². The van der Waals surface area contributed by atoms with Gasteiger partial charge in [0.25, 0.3) is 0 Å². The molecule has 17 heavy (non-hydrogen) atoms. The highest BCUT2D eigenvalue weighted by Gasteiger charge is 2.16. The fourth-order valence-corrected chi connectivity index (χ4v) is 1.61. The molecule has 1 N–H and O–H groups in total. The predicted molar refractivity (Wildman–Crippen MR) is 65.9 cm³/mol. The highest BCUT2D eigenvalue weighted by molar-refractivity contribution is 5.79. The molecule has 0 aliphatic heterocycles. The third kappa shape index (κ3) is 3.56. The van der Waals surface area contributed by atoms with Gasteiger partial charge in [-0.25, -0.2) is 4.98 Å². The number of imidazole rings is 1. The SMILES string of the molecule is COCCCNC(=O)C(C)n1cnc(C)c1C. The van der Waals surface area contributed by atoms with Crippen LogP contribution in [0.1, 0.15) is 30.8 Å². The lowest BCUT2D eigenvalue weighted by Crippen LogP contribution is -2.32. The average molecular weight is 239 g/mol. The van der Waals surface area contributed by atoms with Gasteiger partial charge in [0.1, 0.15) is 6.04 Å². The third-order valence-electron chi connectivity index (χ3n) is 2.91. The van der Waals surface area contributed by atoms with Crippen LogP contribution in [0.4, 0.5) is 0 Å². The Bertz CT molecular complexity index is 374. The molecule has 1 heterocycles. The van der Waals surface area contributed by atoms with Crippen molar-refractivity contribution < 1.29 is 9.53 Å². The second-order valence-corrected chi connectivity index (χ2v) is 4.14. The summed E-state index contributed by atoms with van der Waals surface area (Å²) in [7, 11) is 1.65. The molecule has 5 heteroatoms. The second kappa shape index (κ2) is 6.39. The number of hydrogen-bond donors (Lipinski definition) is 1. The average Bonchev–Trinajstić information content (AvgIpc) is 2.64. The normalized spacial score (nSPS) is 12.5. The van der Waals surface area contributed by atoms with E-state index >= 15 is 0 Å². The Morgan fingerprint density at radius 2 is 2.29 bits per heavy atom.